The zero-order chi connectivity index (χ0) is 24.1. The van der Waals surface area contributed by atoms with Crippen LogP contribution >= 0.6 is 0 Å². The Morgan fingerprint density at radius 1 is 1.09 bits per heavy atom. The average Bonchev–Trinajstić information content (AvgIpc) is 2.85. The third kappa shape index (κ3) is 7.82. The lowest BCUT2D eigenvalue weighted by Gasteiger charge is -2.41. The number of ether oxygens (including phenoxy) is 2. The molecular weight excluding hydrogens is 414 g/mol. The highest BCUT2D eigenvalue weighted by Gasteiger charge is 2.40. The van der Waals surface area contributed by atoms with Crippen molar-refractivity contribution in [2.24, 2.45) is 5.92 Å². The number of piperidine rings is 1. The van der Waals surface area contributed by atoms with Crippen molar-refractivity contribution in [1.82, 2.24) is 4.90 Å². The Labute approximate surface area is 201 Å². The number of hydrogen-bond acceptors (Lipinski definition) is 4. The second kappa shape index (κ2) is 15.1. The quantitative estimate of drug-likeness (QED) is 0.169. The van der Waals surface area contributed by atoms with Crippen LogP contribution in [0.15, 0.2) is 23.7 Å². The van der Waals surface area contributed by atoms with E-state index >= 15 is 0 Å². The molecular formula is C27H45N3O3. The molecule has 0 radical (unpaired) electrons. The normalized spacial score (nSPS) is 22.2. The van der Waals surface area contributed by atoms with Gasteiger partial charge in [-0.3, -0.25) is 9.69 Å². The summed E-state index contributed by atoms with van der Waals surface area (Å²) in [4.78, 5) is 19.4. The molecule has 1 aliphatic carbocycles. The van der Waals surface area contributed by atoms with Gasteiger partial charge in [-0.25, -0.2) is 0 Å². The topological polar surface area (TPSA) is 75.2 Å². The number of likely N-dealkylation sites (tertiary alicyclic amines) is 1. The fourth-order valence-electron chi connectivity index (χ4n) is 4.71. The fourth-order valence-corrected chi connectivity index (χ4v) is 4.71. The SMILES string of the molecule is CCCCOC1=CC(N2CCCCC2C(=O)C(CC)CCCC)C(OCCCC)=CC1=[N+]=[N-]. The second-order valence-corrected chi connectivity index (χ2v) is 9.31. The molecule has 1 fully saturated rings. The van der Waals surface area contributed by atoms with Gasteiger partial charge in [-0.05, 0) is 51.1 Å². The highest BCUT2D eigenvalue weighted by Crippen LogP contribution is 2.31. The Morgan fingerprint density at radius 3 is 2.42 bits per heavy atom. The van der Waals surface area contributed by atoms with E-state index in [1.807, 2.05) is 6.08 Å². The average molecular weight is 460 g/mol. The van der Waals surface area contributed by atoms with Gasteiger partial charge in [-0.15, -0.1) is 0 Å². The van der Waals surface area contributed by atoms with Gasteiger partial charge in [0.1, 0.15) is 5.76 Å². The zero-order valence-corrected chi connectivity index (χ0v) is 21.4. The van der Waals surface area contributed by atoms with Gasteiger partial charge in [0.05, 0.1) is 31.4 Å². The highest BCUT2D eigenvalue weighted by molar-refractivity contribution is 6.04. The largest absolute Gasteiger partial charge is 0.496 e. The van der Waals surface area contributed by atoms with Gasteiger partial charge < -0.3 is 15.0 Å². The van der Waals surface area contributed by atoms with Gasteiger partial charge in [0.15, 0.2) is 5.78 Å². The fraction of sp³-hybridized carbons (Fsp3) is 0.778. The molecule has 0 amide bonds. The maximum absolute atomic E-state index is 13.7. The molecule has 0 saturated carbocycles. The standard InChI is InChI=1S/C27H45N3O3/c1-5-9-14-21(8-4)27(31)23-15-12-13-16-30(23)24-20-25(32-17-10-6-2)22(29-28)19-26(24)33-18-11-7-3/h19-21,23-24H,5-18H2,1-4H3. The molecule has 6 heteroatoms. The minimum Gasteiger partial charge on any atom is -0.496 e. The van der Waals surface area contributed by atoms with E-state index in [4.69, 9.17) is 9.47 Å². The molecule has 0 aromatic heterocycles. The smallest absolute Gasteiger partial charge is 0.359 e. The van der Waals surface area contributed by atoms with Crippen LogP contribution in [0.4, 0.5) is 0 Å². The van der Waals surface area contributed by atoms with Gasteiger partial charge in [0, 0.05) is 5.92 Å². The van der Waals surface area contributed by atoms with Crippen molar-refractivity contribution in [2.75, 3.05) is 19.8 Å². The number of unbranched alkanes of at least 4 members (excludes halogenated alkanes) is 3. The number of carbonyl (C=O) groups excluding carboxylic acids is 1. The zero-order valence-electron chi connectivity index (χ0n) is 21.4. The number of Topliss-reactive ketones (excluding diaryl/α,β-unsaturated/α-hetero) is 1. The molecule has 0 bridgehead atoms. The van der Waals surface area contributed by atoms with Crippen LogP contribution in [0.25, 0.3) is 5.53 Å². The van der Waals surface area contributed by atoms with Crippen LogP contribution in [0.5, 0.6) is 0 Å². The van der Waals surface area contributed by atoms with E-state index in [1.165, 1.54) is 0 Å². The first-order valence-electron chi connectivity index (χ1n) is 13.3. The molecule has 33 heavy (non-hydrogen) atoms. The molecule has 6 nitrogen and oxygen atoms in total. The van der Waals surface area contributed by atoms with Gasteiger partial charge in [0.2, 0.25) is 5.76 Å². The van der Waals surface area contributed by atoms with Crippen LogP contribution in [-0.4, -0.2) is 53.0 Å². The summed E-state index contributed by atoms with van der Waals surface area (Å²) in [6, 6.07) is -0.286. The summed E-state index contributed by atoms with van der Waals surface area (Å²) < 4.78 is 12.2. The molecule has 0 N–H and O–H groups in total. The molecule has 1 saturated heterocycles. The number of ketones is 1. The van der Waals surface area contributed by atoms with E-state index in [0.717, 1.165) is 82.9 Å². The lowest BCUT2D eigenvalue weighted by molar-refractivity contribution is -0.130. The summed E-state index contributed by atoms with van der Waals surface area (Å²) in [5.41, 5.74) is 10.0. The predicted octanol–water partition coefficient (Wildman–Crippen LogP) is 6.08. The molecule has 1 aliphatic heterocycles. The van der Waals surface area contributed by atoms with Gasteiger partial charge >= 0.3 is 5.71 Å². The molecule has 0 aromatic rings. The lowest BCUT2D eigenvalue weighted by atomic mass is 9.85. The van der Waals surface area contributed by atoms with Gasteiger partial charge in [-0.2, -0.15) is 4.79 Å². The van der Waals surface area contributed by atoms with Crippen LogP contribution in [0.3, 0.4) is 0 Å². The van der Waals surface area contributed by atoms with E-state index in [0.29, 0.717) is 30.5 Å². The summed E-state index contributed by atoms with van der Waals surface area (Å²) in [5, 5.41) is 0. The van der Waals surface area contributed by atoms with Crippen molar-refractivity contribution in [2.45, 2.75) is 110 Å². The van der Waals surface area contributed by atoms with Crippen LogP contribution in [-0.2, 0) is 14.3 Å². The summed E-state index contributed by atoms with van der Waals surface area (Å²) in [6.45, 7) is 10.6. The van der Waals surface area contributed by atoms with E-state index in [2.05, 4.69) is 37.4 Å². The molecule has 2 aliphatic rings. The molecule has 186 valence electrons. The summed E-state index contributed by atoms with van der Waals surface area (Å²) >= 11 is 0. The number of allylic oxidation sites excluding steroid dienone is 1. The molecule has 0 spiro atoms. The monoisotopic (exact) mass is 459 g/mol. The number of nitrogens with zero attached hydrogens (tertiary/aromatic N) is 3. The Morgan fingerprint density at radius 2 is 1.79 bits per heavy atom. The minimum absolute atomic E-state index is 0.107. The molecule has 3 unspecified atom stereocenters. The third-order valence-corrected chi connectivity index (χ3v) is 6.79. The van der Waals surface area contributed by atoms with E-state index in [1.54, 1.807) is 6.08 Å². The van der Waals surface area contributed by atoms with E-state index < -0.39 is 0 Å². The minimum atomic E-state index is -0.179. The first kappa shape index (κ1) is 27.3. The van der Waals surface area contributed by atoms with Crippen molar-refractivity contribution in [3.8, 4) is 0 Å². The maximum atomic E-state index is 13.7. The summed E-state index contributed by atoms with van der Waals surface area (Å²) in [5.74, 6) is 1.82. The van der Waals surface area contributed by atoms with E-state index in [9.17, 15) is 10.3 Å². The number of hydrogen-bond donors (Lipinski definition) is 0. The van der Waals surface area contributed by atoms with Crippen LogP contribution in [0.1, 0.15) is 98.3 Å². The van der Waals surface area contributed by atoms with Crippen molar-refractivity contribution in [3.05, 3.63) is 29.2 Å². The summed E-state index contributed by atoms with van der Waals surface area (Å²) in [7, 11) is 0. The highest BCUT2D eigenvalue weighted by atomic mass is 16.5. The van der Waals surface area contributed by atoms with E-state index in [-0.39, 0.29) is 18.0 Å². The Balaban J connectivity index is 2.34. The molecule has 2 rings (SSSR count). The first-order valence-corrected chi connectivity index (χ1v) is 13.3. The van der Waals surface area contributed by atoms with Crippen LogP contribution in [0, 0.1) is 5.92 Å². The van der Waals surface area contributed by atoms with Gasteiger partial charge in [-0.1, -0.05) is 59.8 Å². The predicted molar refractivity (Wildman–Crippen MR) is 133 cm³/mol. The Bertz CT molecular complexity index is 724. The molecule has 3 atom stereocenters. The summed E-state index contributed by atoms with van der Waals surface area (Å²) in [6.07, 6.45) is 14.9. The van der Waals surface area contributed by atoms with Gasteiger partial charge in [0.25, 0.3) is 0 Å². The van der Waals surface area contributed by atoms with Crippen LogP contribution in [0.2, 0.25) is 0 Å². The van der Waals surface area contributed by atoms with Crippen molar-refractivity contribution >= 4 is 11.5 Å². The lowest BCUT2D eigenvalue weighted by Crippen LogP contribution is -2.52. The van der Waals surface area contributed by atoms with Crippen molar-refractivity contribution in [1.29, 1.82) is 0 Å². The maximum Gasteiger partial charge on any atom is 0.359 e. The Hall–Kier alpha value is -1.91. The number of carbonyl (C=O) groups is 1. The van der Waals surface area contributed by atoms with Crippen molar-refractivity contribution in [3.63, 3.8) is 0 Å². The second-order valence-electron chi connectivity index (χ2n) is 9.31. The van der Waals surface area contributed by atoms with Crippen molar-refractivity contribution < 1.29 is 19.1 Å². The Kier molecular flexibility index (Phi) is 12.5. The number of rotatable bonds is 15. The molecule has 0 aromatic carbocycles. The molecule has 1 heterocycles. The van der Waals surface area contributed by atoms with Crippen LogP contribution < -0.4 is 0 Å². The first-order chi connectivity index (χ1) is 16.1. The third-order valence-electron chi connectivity index (χ3n) is 6.79.